The molecule has 0 radical (unpaired) electrons. The van der Waals surface area contributed by atoms with Crippen molar-refractivity contribution in [1.29, 1.82) is 0 Å². The third kappa shape index (κ3) is 3.61. The van der Waals surface area contributed by atoms with Crippen LogP contribution in [0, 0.1) is 13.8 Å². The molecule has 0 spiro atoms. The highest BCUT2D eigenvalue weighted by molar-refractivity contribution is 5.80. The number of benzene rings is 3. The van der Waals surface area contributed by atoms with Crippen LogP contribution in [0.2, 0.25) is 0 Å². The van der Waals surface area contributed by atoms with Gasteiger partial charge in [0, 0.05) is 11.3 Å². The van der Waals surface area contributed by atoms with E-state index in [2.05, 4.69) is 85.9 Å². The molecule has 0 saturated heterocycles. The van der Waals surface area contributed by atoms with Crippen molar-refractivity contribution in [2.45, 2.75) is 13.8 Å². The van der Waals surface area contributed by atoms with E-state index < -0.39 is 0 Å². The van der Waals surface area contributed by atoms with Crippen LogP contribution in [-0.2, 0) is 0 Å². The fraction of sp³-hybridized carbons (Fsp3) is 0.0800. The van der Waals surface area contributed by atoms with Crippen LogP contribution in [0.1, 0.15) is 11.1 Å². The van der Waals surface area contributed by atoms with Gasteiger partial charge in [-0.15, -0.1) is 0 Å². The fourth-order valence-electron chi connectivity index (χ4n) is 3.30. The number of nitrogens with zero attached hydrogens (tertiary/aromatic N) is 1. The topological polar surface area (TPSA) is 24.9 Å². The summed E-state index contributed by atoms with van der Waals surface area (Å²) in [6.07, 6.45) is 0. The van der Waals surface area contributed by atoms with Gasteiger partial charge < -0.3 is 5.32 Å². The molecule has 0 aliphatic carbocycles. The standard InChI is InChI=1S/C25H22N2/c1-18-11-9-10-16-22(18)23-17-24(20-12-5-3-6-13-20)27-25(19(23)2)26-21-14-7-4-8-15-21/h3-17H,1-2H3,(H,26,27). The van der Waals surface area contributed by atoms with Crippen LogP contribution in [0.15, 0.2) is 91.0 Å². The first-order valence-electron chi connectivity index (χ1n) is 9.17. The van der Waals surface area contributed by atoms with Crippen molar-refractivity contribution in [1.82, 2.24) is 4.98 Å². The van der Waals surface area contributed by atoms with Crippen LogP contribution >= 0.6 is 0 Å². The number of hydrogen-bond donors (Lipinski definition) is 1. The molecule has 132 valence electrons. The molecule has 1 heterocycles. The van der Waals surface area contributed by atoms with Crippen molar-refractivity contribution >= 4 is 11.5 Å². The number of hydrogen-bond acceptors (Lipinski definition) is 2. The van der Waals surface area contributed by atoms with Gasteiger partial charge in [-0.3, -0.25) is 0 Å². The minimum Gasteiger partial charge on any atom is -0.340 e. The van der Waals surface area contributed by atoms with Gasteiger partial charge in [0.15, 0.2) is 0 Å². The lowest BCUT2D eigenvalue weighted by molar-refractivity contribution is 1.25. The van der Waals surface area contributed by atoms with E-state index in [0.29, 0.717) is 0 Å². The highest BCUT2D eigenvalue weighted by Gasteiger charge is 2.13. The number of nitrogens with one attached hydrogen (secondary N) is 1. The monoisotopic (exact) mass is 350 g/mol. The van der Waals surface area contributed by atoms with E-state index in [0.717, 1.165) is 28.3 Å². The molecule has 0 aliphatic rings. The lowest BCUT2D eigenvalue weighted by Gasteiger charge is -2.17. The average molecular weight is 350 g/mol. The Kier molecular flexibility index (Phi) is 4.71. The summed E-state index contributed by atoms with van der Waals surface area (Å²) in [6, 6.07) is 31.2. The summed E-state index contributed by atoms with van der Waals surface area (Å²) in [5.74, 6) is 0.890. The smallest absolute Gasteiger partial charge is 0.134 e. The first-order valence-corrected chi connectivity index (χ1v) is 9.17. The molecule has 0 atom stereocenters. The Morgan fingerprint density at radius 1 is 0.667 bits per heavy atom. The van der Waals surface area contributed by atoms with Crippen molar-refractivity contribution < 1.29 is 0 Å². The molecule has 2 heteroatoms. The molecule has 27 heavy (non-hydrogen) atoms. The number of pyridine rings is 1. The Bertz CT molecular complexity index is 1050. The number of aryl methyl sites for hydroxylation is 1. The Morgan fingerprint density at radius 2 is 1.30 bits per heavy atom. The molecule has 4 aromatic rings. The van der Waals surface area contributed by atoms with Gasteiger partial charge in [-0.1, -0.05) is 72.8 Å². The predicted octanol–water partition coefficient (Wildman–Crippen LogP) is 6.78. The van der Waals surface area contributed by atoms with E-state index in [-0.39, 0.29) is 0 Å². The quantitative estimate of drug-likeness (QED) is 0.439. The van der Waals surface area contributed by atoms with Crippen molar-refractivity contribution in [3.8, 4) is 22.4 Å². The summed E-state index contributed by atoms with van der Waals surface area (Å²) in [5.41, 5.74) is 7.98. The lowest BCUT2D eigenvalue weighted by atomic mass is 9.95. The minimum atomic E-state index is 0.890. The first kappa shape index (κ1) is 17.0. The second kappa shape index (κ2) is 7.46. The van der Waals surface area contributed by atoms with Crippen molar-refractivity contribution in [3.63, 3.8) is 0 Å². The molecule has 3 aromatic carbocycles. The average Bonchev–Trinajstić information content (AvgIpc) is 2.72. The summed E-state index contributed by atoms with van der Waals surface area (Å²) in [7, 11) is 0. The highest BCUT2D eigenvalue weighted by Crippen LogP contribution is 2.34. The zero-order chi connectivity index (χ0) is 18.6. The molecular weight excluding hydrogens is 328 g/mol. The van der Waals surface area contributed by atoms with Gasteiger partial charge in [0.05, 0.1) is 5.69 Å². The van der Waals surface area contributed by atoms with Gasteiger partial charge >= 0.3 is 0 Å². The summed E-state index contributed by atoms with van der Waals surface area (Å²) in [4.78, 5) is 4.94. The van der Waals surface area contributed by atoms with E-state index in [4.69, 9.17) is 4.98 Å². The molecule has 2 nitrogen and oxygen atoms in total. The van der Waals surface area contributed by atoms with Gasteiger partial charge in [0.2, 0.25) is 0 Å². The maximum atomic E-state index is 4.94. The van der Waals surface area contributed by atoms with Gasteiger partial charge in [-0.2, -0.15) is 0 Å². The van der Waals surface area contributed by atoms with Gasteiger partial charge in [-0.25, -0.2) is 4.98 Å². The lowest BCUT2D eigenvalue weighted by Crippen LogP contribution is -2.01. The van der Waals surface area contributed by atoms with E-state index >= 15 is 0 Å². The molecule has 1 aromatic heterocycles. The van der Waals surface area contributed by atoms with Gasteiger partial charge in [-0.05, 0) is 54.3 Å². The van der Waals surface area contributed by atoms with Crippen LogP contribution in [0.5, 0.6) is 0 Å². The molecule has 0 amide bonds. The van der Waals surface area contributed by atoms with E-state index in [1.165, 1.54) is 16.7 Å². The Hall–Kier alpha value is -3.39. The molecule has 0 bridgehead atoms. The van der Waals surface area contributed by atoms with E-state index in [9.17, 15) is 0 Å². The molecule has 0 saturated carbocycles. The van der Waals surface area contributed by atoms with Crippen molar-refractivity contribution in [2.75, 3.05) is 5.32 Å². The Morgan fingerprint density at radius 3 is 2.00 bits per heavy atom. The molecule has 1 N–H and O–H groups in total. The second-order valence-corrected chi connectivity index (χ2v) is 6.70. The largest absolute Gasteiger partial charge is 0.340 e. The molecule has 0 unspecified atom stereocenters. The summed E-state index contributed by atoms with van der Waals surface area (Å²) >= 11 is 0. The number of aromatic nitrogens is 1. The molecule has 0 fully saturated rings. The maximum Gasteiger partial charge on any atom is 0.134 e. The fourth-order valence-corrected chi connectivity index (χ4v) is 3.30. The van der Waals surface area contributed by atoms with E-state index in [1.54, 1.807) is 0 Å². The van der Waals surface area contributed by atoms with Crippen LogP contribution in [0.4, 0.5) is 11.5 Å². The summed E-state index contributed by atoms with van der Waals surface area (Å²) in [5, 5.41) is 3.50. The second-order valence-electron chi connectivity index (χ2n) is 6.70. The SMILES string of the molecule is Cc1ccccc1-c1cc(-c2ccccc2)nc(Nc2ccccc2)c1C. The molecular formula is C25H22N2. The first-order chi connectivity index (χ1) is 13.2. The number of para-hydroxylation sites is 1. The molecule has 4 rings (SSSR count). The van der Waals surface area contributed by atoms with Crippen LogP contribution in [0.3, 0.4) is 0 Å². The minimum absolute atomic E-state index is 0.890. The highest BCUT2D eigenvalue weighted by atomic mass is 15.0. The zero-order valence-corrected chi connectivity index (χ0v) is 15.6. The number of rotatable bonds is 4. The molecule has 0 aliphatic heterocycles. The van der Waals surface area contributed by atoms with Crippen LogP contribution in [0.25, 0.3) is 22.4 Å². The zero-order valence-electron chi connectivity index (χ0n) is 15.6. The van der Waals surface area contributed by atoms with Crippen LogP contribution < -0.4 is 5.32 Å². The van der Waals surface area contributed by atoms with E-state index in [1.807, 2.05) is 24.3 Å². The Labute approximate surface area is 160 Å². The normalized spacial score (nSPS) is 10.6. The number of anilines is 2. The third-order valence-electron chi connectivity index (χ3n) is 4.81. The predicted molar refractivity (Wildman–Crippen MR) is 114 cm³/mol. The Balaban J connectivity index is 1.90. The van der Waals surface area contributed by atoms with Gasteiger partial charge in [0.1, 0.15) is 5.82 Å². The van der Waals surface area contributed by atoms with Crippen LogP contribution in [-0.4, -0.2) is 4.98 Å². The van der Waals surface area contributed by atoms with Crippen molar-refractivity contribution in [3.05, 3.63) is 102 Å². The van der Waals surface area contributed by atoms with Crippen molar-refractivity contribution in [2.24, 2.45) is 0 Å². The summed E-state index contributed by atoms with van der Waals surface area (Å²) in [6.45, 7) is 4.29. The maximum absolute atomic E-state index is 4.94. The van der Waals surface area contributed by atoms with Gasteiger partial charge in [0.25, 0.3) is 0 Å². The third-order valence-corrected chi connectivity index (χ3v) is 4.81. The summed E-state index contributed by atoms with van der Waals surface area (Å²) < 4.78 is 0.